The molecule has 0 bridgehead atoms. The normalized spacial score (nSPS) is 13.2. The third-order valence-corrected chi connectivity index (χ3v) is 3.80. The Hall–Kier alpha value is -1.96. The van der Waals surface area contributed by atoms with Crippen molar-refractivity contribution in [2.24, 2.45) is 0 Å². The molecule has 2 unspecified atom stereocenters. The van der Waals surface area contributed by atoms with E-state index in [0.717, 1.165) is 5.56 Å². The zero-order chi connectivity index (χ0) is 17.5. The van der Waals surface area contributed by atoms with Crippen LogP contribution in [-0.4, -0.2) is 29.0 Å². The van der Waals surface area contributed by atoms with Crippen molar-refractivity contribution in [3.63, 3.8) is 0 Å². The average Bonchev–Trinajstić information content (AvgIpc) is 2.60. The maximum atomic E-state index is 13.7. The van der Waals surface area contributed by atoms with Crippen LogP contribution in [0, 0.1) is 5.82 Å². The molecule has 24 heavy (non-hydrogen) atoms. The number of alkyl carbamates (subject to hydrolysis) is 1. The summed E-state index contributed by atoms with van der Waals surface area (Å²) in [6.07, 6.45) is -3.59. The summed E-state index contributed by atoms with van der Waals surface area (Å²) in [7, 11) is 0. The van der Waals surface area contributed by atoms with E-state index in [0.29, 0.717) is 4.47 Å². The molecule has 128 valence electrons. The molecule has 0 radical (unpaired) electrons. The Bertz CT molecular complexity index is 684. The SMILES string of the molecule is O=C(NCC(O)C(O)c1cc(Br)ccc1F)OCc1ccccc1. The van der Waals surface area contributed by atoms with E-state index in [1.807, 2.05) is 30.3 Å². The highest BCUT2D eigenvalue weighted by atomic mass is 79.9. The van der Waals surface area contributed by atoms with Crippen molar-refractivity contribution in [1.29, 1.82) is 0 Å². The summed E-state index contributed by atoms with van der Waals surface area (Å²) in [5, 5.41) is 22.3. The fourth-order valence-electron chi connectivity index (χ4n) is 2.02. The summed E-state index contributed by atoms with van der Waals surface area (Å²) in [4.78, 5) is 11.6. The predicted molar refractivity (Wildman–Crippen MR) is 89.7 cm³/mol. The predicted octanol–water partition coefficient (Wildman–Crippen LogP) is 2.91. The van der Waals surface area contributed by atoms with Crippen molar-refractivity contribution in [3.8, 4) is 0 Å². The van der Waals surface area contributed by atoms with Gasteiger partial charge in [-0.25, -0.2) is 9.18 Å². The van der Waals surface area contributed by atoms with Gasteiger partial charge in [0.05, 0.1) is 0 Å². The second-order valence-electron chi connectivity index (χ2n) is 5.12. The summed E-state index contributed by atoms with van der Waals surface area (Å²) in [6.45, 7) is -0.188. The fourth-order valence-corrected chi connectivity index (χ4v) is 2.40. The Morgan fingerprint density at radius 2 is 1.92 bits per heavy atom. The highest BCUT2D eigenvalue weighted by molar-refractivity contribution is 9.10. The van der Waals surface area contributed by atoms with Crippen LogP contribution in [-0.2, 0) is 11.3 Å². The Labute approximate surface area is 147 Å². The van der Waals surface area contributed by atoms with Crippen molar-refractivity contribution in [2.45, 2.75) is 18.8 Å². The minimum Gasteiger partial charge on any atom is -0.445 e. The number of benzene rings is 2. The quantitative estimate of drug-likeness (QED) is 0.699. The average molecular weight is 398 g/mol. The standard InChI is InChI=1S/C17H17BrFNO4/c18-12-6-7-14(19)13(8-12)16(22)15(21)9-20-17(23)24-10-11-4-2-1-3-5-11/h1-8,15-16,21-22H,9-10H2,(H,20,23). The molecule has 0 fully saturated rings. The number of carbonyl (C=O) groups excluding carboxylic acids is 1. The van der Waals surface area contributed by atoms with Crippen LogP contribution >= 0.6 is 15.9 Å². The lowest BCUT2D eigenvalue weighted by Crippen LogP contribution is -2.36. The first-order valence-corrected chi connectivity index (χ1v) is 8.02. The summed E-state index contributed by atoms with van der Waals surface area (Å²) in [5.74, 6) is -0.642. The van der Waals surface area contributed by atoms with Crippen LogP contribution in [0.3, 0.4) is 0 Å². The number of amides is 1. The molecule has 2 atom stereocenters. The molecule has 2 aromatic carbocycles. The molecule has 0 spiro atoms. The van der Waals surface area contributed by atoms with E-state index in [1.54, 1.807) is 0 Å². The second-order valence-corrected chi connectivity index (χ2v) is 6.04. The van der Waals surface area contributed by atoms with Crippen LogP contribution in [0.1, 0.15) is 17.2 Å². The Balaban J connectivity index is 1.82. The van der Waals surface area contributed by atoms with E-state index < -0.39 is 24.1 Å². The van der Waals surface area contributed by atoms with Crippen molar-refractivity contribution in [2.75, 3.05) is 6.54 Å². The van der Waals surface area contributed by atoms with E-state index in [9.17, 15) is 19.4 Å². The highest BCUT2D eigenvalue weighted by Gasteiger charge is 2.22. The van der Waals surface area contributed by atoms with Gasteiger partial charge in [0.2, 0.25) is 0 Å². The molecule has 2 rings (SSSR count). The molecule has 0 aliphatic rings. The topological polar surface area (TPSA) is 78.8 Å². The van der Waals surface area contributed by atoms with Gasteiger partial charge in [0, 0.05) is 16.6 Å². The summed E-state index contributed by atoms with van der Waals surface area (Å²) in [6, 6.07) is 13.1. The molecule has 3 N–H and O–H groups in total. The van der Waals surface area contributed by atoms with E-state index in [-0.39, 0.29) is 18.7 Å². The van der Waals surface area contributed by atoms with Crippen LogP contribution in [0.2, 0.25) is 0 Å². The van der Waals surface area contributed by atoms with Gasteiger partial charge in [-0.1, -0.05) is 46.3 Å². The minimum atomic E-state index is -1.48. The van der Waals surface area contributed by atoms with Gasteiger partial charge in [-0.3, -0.25) is 0 Å². The zero-order valence-electron chi connectivity index (χ0n) is 12.7. The molecular formula is C17H17BrFNO4. The van der Waals surface area contributed by atoms with Crippen LogP contribution in [0.4, 0.5) is 9.18 Å². The molecule has 5 nitrogen and oxygen atoms in total. The number of carbonyl (C=O) groups is 1. The number of aliphatic hydroxyl groups excluding tert-OH is 2. The second kappa shape index (κ2) is 8.77. The number of aliphatic hydroxyl groups is 2. The van der Waals surface area contributed by atoms with Crippen molar-refractivity contribution in [3.05, 3.63) is 69.9 Å². The molecule has 0 heterocycles. The third kappa shape index (κ3) is 5.30. The van der Waals surface area contributed by atoms with E-state index in [4.69, 9.17) is 4.74 Å². The van der Waals surface area contributed by atoms with Gasteiger partial charge in [-0.15, -0.1) is 0 Å². The minimum absolute atomic E-state index is 0.0590. The van der Waals surface area contributed by atoms with Crippen molar-refractivity contribution < 1.29 is 24.1 Å². The van der Waals surface area contributed by atoms with Crippen LogP contribution in [0.5, 0.6) is 0 Å². The molecular weight excluding hydrogens is 381 g/mol. The molecule has 0 aliphatic carbocycles. The lowest BCUT2D eigenvalue weighted by molar-refractivity contribution is 0.0164. The van der Waals surface area contributed by atoms with Crippen LogP contribution < -0.4 is 5.32 Å². The maximum absolute atomic E-state index is 13.7. The van der Waals surface area contributed by atoms with Crippen molar-refractivity contribution in [1.82, 2.24) is 5.32 Å². The lowest BCUT2D eigenvalue weighted by atomic mass is 10.0. The summed E-state index contributed by atoms with van der Waals surface area (Å²) < 4.78 is 19.2. The zero-order valence-corrected chi connectivity index (χ0v) is 14.2. The summed E-state index contributed by atoms with van der Waals surface area (Å²) >= 11 is 3.17. The van der Waals surface area contributed by atoms with Crippen LogP contribution in [0.25, 0.3) is 0 Å². The number of hydrogen-bond acceptors (Lipinski definition) is 4. The smallest absolute Gasteiger partial charge is 0.407 e. The first-order chi connectivity index (χ1) is 11.5. The molecule has 0 aromatic heterocycles. The third-order valence-electron chi connectivity index (χ3n) is 3.31. The Morgan fingerprint density at radius 3 is 2.62 bits per heavy atom. The first kappa shape index (κ1) is 18.4. The Kier molecular flexibility index (Phi) is 6.72. The monoisotopic (exact) mass is 397 g/mol. The van der Waals surface area contributed by atoms with Crippen LogP contribution in [0.15, 0.2) is 53.0 Å². The number of ether oxygens (including phenoxy) is 1. The highest BCUT2D eigenvalue weighted by Crippen LogP contribution is 2.23. The summed E-state index contributed by atoms with van der Waals surface area (Å²) in [5.41, 5.74) is 0.765. The molecule has 0 saturated heterocycles. The van der Waals surface area contributed by atoms with Gasteiger partial charge in [-0.05, 0) is 23.8 Å². The van der Waals surface area contributed by atoms with Gasteiger partial charge in [-0.2, -0.15) is 0 Å². The number of rotatable bonds is 6. The maximum Gasteiger partial charge on any atom is 0.407 e. The molecule has 7 heteroatoms. The van der Waals surface area contributed by atoms with Gasteiger partial charge in [0.1, 0.15) is 24.6 Å². The van der Waals surface area contributed by atoms with E-state index in [1.165, 1.54) is 18.2 Å². The fraction of sp³-hybridized carbons (Fsp3) is 0.235. The molecule has 0 aliphatic heterocycles. The van der Waals surface area contributed by atoms with E-state index >= 15 is 0 Å². The molecule has 0 saturated carbocycles. The van der Waals surface area contributed by atoms with Gasteiger partial charge >= 0.3 is 6.09 Å². The van der Waals surface area contributed by atoms with Crippen molar-refractivity contribution >= 4 is 22.0 Å². The Morgan fingerprint density at radius 1 is 1.21 bits per heavy atom. The largest absolute Gasteiger partial charge is 0.445 e. The molecule has 2 aromatic rings. The number of hydrogen-bond donors (Lipinski definition) is 3. The number of halogens is 2. The van der Waals surface area contributed by atoms with Gasteiger partial charge < -0.3 is 20.3 Å². The van der Waals surface area contributed by atoms with Gasteiger partial charge in [0.15, 0.2) is 0 Å². The van der Waals surface area contributed by atoms with Gasteiger partial charge in [0.25, 0.3) is 0 Å². The number of nitrogens with one attached hydrogen (secondary N) is 1. The lowest BCUT2D eigenvalue weighted by Gasteiger charge is -2.19. The molecule has 1 amide bonds. The first-order valence-electron chi connectivity index (χ1n) is 7.23. The van der Waals surface area contributed by atoms with E-state index in [2.05, 4.69) is 21.2 Å².